The van der Waals surface area contributed by atoms with Gasteiger partial charge in [-0.3, -0.25) is 9.59 Å². The third-order valence-electron chi connectivity index (χ3n) is 2.54. The lowest BCUT2D eigenvalue weighted by Crippen LogP contribution is -2.22. The van der Waals surface area contributed by atoms with E-state index in [1.807, 2.05) is 5.38 Å². The largest absolute Gasteiger partial charge is 0.345 e. The van der Waals surface area contributed by atoms with Crippen LogP contribution in [0.1, 0.15) is 10.4 Å². The summed E-state index contributed by atoms with van der Waals surface area (Å²) >= 11 is 2.89. The third kappa shape index (κ3) is 4.57. The minimum Gasteiger partial charge on any atom is -0.345 e. The van der Waals surface area contributed by atoms with Gasteiger partial charge >= 0.3 is 0 Å². The van der Waals surface area contributed by atoms with Gasteiger partial charge in [-0.1, -0.05) is 17.8 Å². The van der Waals surface area contributed by atoms with Crippen molar-refractivity contribution in [1.29, 1.82) is 0 Å². The highest BCUT2D eigenvalue weighted by Crippen LogP contribution is 2.20. The molecule has 1 aromatic carbocycles. The lowest BCUT2D eigenvalue weighted by atomic mass is 10.2. The molecule has 0 aliphatic heterocycles. The van der Waals surface area contributed by atoms with Crippen LogP contribution in [-0.2, 0) is 4.79 Å². The Balaban J connectivity index is 1.94. The van der Waals surface area contributed by atoms with Gasteiger partial charge < -0.3 is 10.2 Å². The Morgan fingerprint density at radius 1 is 1.38 bits per heavy atom. The van der Waals surface area contributed by atoms with Gasteiger partial charge in [0.2, 0.25) is 5.91 Å². The quantitative estimate of drug-likeness (QED) is 0.860. The van der Waals surface area contributed by atoms with E-state index in [2.05, 4.69) is 10.3 Å². The Hall–Kier alpha value is -1.86. The van der Waals surface area contributed by atoms with E-state index in [0.29, 0.717) is 17.0 Å². The van der Waals surface area contributed by atoms with Crippen molar-refractivity contribution in [3.05, 3.63) is 41.4 Å². The Labute approximate surface area is 131 Å². The van der Waals surface area contributed by atoms with E-state index in [0.717, 1.165) is 4.34 Å². The van der Waals surface area contributed by atoms with E-state index in [9.17, 15) is 9.59 Å². The highest BCUT2D eigenvalue weighted by molar-refractivity contribution is 8.01. The molecule has 0 fully saturated rings. The molecule has 21 heavy (non-hydrogen) atoms. The molecule has 0 aliphatic carbocycles. The van der Waals surface area contributed by atoms with E-state index >= 15 is 0 Å². The normalized spacial score (nSPS) is 10.2. The molecule has 0 radical (unpaired) electrons. The van der Waals surface area contributed by atoms with Gasteiger partial charge in [0.05, 0.1) is 5.75 Å². The first-order valence-corrected chi connectivity index (χ1v) is 8.06. The second-order valence-electron chi connectivity index (χ2n) is 4.42. The zero-order chi connectivity index (χ0) is 15.2. The van der Waals surface area contributed by atoms with E-state index in [1.165, 1.54) is 28.0 Å². The molecular formula is C14H15N3O2S2. The number of amides is 2. The summed E-state index contributed by atoms with van der Waals surface area (Å²) < 4.78 is 0.863. The molecule has 0 atom stereocenters. The number of anilines is 1. The summed E-state index contributed by atoms with van der Waals surface area (Å²) in [6.45, 7) is 0. The molecule has 0 aliphatic rings. The predicted molar refractivity (Wildman–Crippen MR) is 85.9 cm³/mol. The van der Waals surface area contributed by atoms with Crippen LogP contribution in [0.15, 0.2) is 40.2 Å². The van der Waals surface area contributed by atoms with E-state index < -0.39 is 0 Å². The van der Waals surface area contributed by atoms with Crippen LogP contribution in [0.3, 0.4) is 0 Å². The molecule has 0 bridgehead atoms. The van der Waals surface area contributed by atoms with E-state index in [1.54, 1.807) is 44.6 Å². The molecule has 0 spiro atoms. The maximum Gasteiger partial charge on any atom is 0.253 e. The minimum absolute atomic E-state index is 0.0942. The minimum atomic E-state index is -0.121. The van der Waals surface area contributed by atoms with Gasteiger partial charge in [0.1, 0.15) is 4.34 Å². The molecule has 2 amide bonds. The molecule has 1 N–H and O–H groups in total. The molecule has 110 valence electrons. The van der Waals surface area contributed by atoms with Crippen LogP contribution in [-0.4, -0.2) is 41.5 Å². The van der Waals surface area contributed by atoms with Crippen molar-refractivity contribution in [2.24, 2.45) is 0 Å². The summed E-state index contributed by atoms with van der Waals surface area (Å²) in [7, 11) is 3.39. The van der Waals surface area contributed by atoms with Crippen molar-refractivity contribution in [2.45, 2.75) is 4.34 Å². The number of carbonyl (C=O) groups is 2. The van der Waals surface area contributed by atoms with Crippen molar-refractivity contribution < 1.29 is 9.59 Å². The molecule has 0 saturated carbocycles. The van der Waals surface area contributed by atoms with Crippen molar-refractivity contribution in [2.75, 3.05) is 25.2 Å². The lowest BCUT2D eigenvalue weighted by Gasteiger charge is -2.11. The first kappa shape index (κ1) is 15.5. The molecule has 7 heteroatoms. The van der Waals surface area contributed by atoms with Crippen LogP contribution in [0, 0.1) is 0 Å². The van der Waals surface area contributed by atoms with Crippen LogP contribution >= 0.6 is 23.1 Å². The fourth-order valence-electron chi connectivity index (χ4n) is 1.59. The van der Waals surface area contributed by atoms with Gasteiger partial charge in [0.25, 0.3) is 5.91 Å². The number of hydrogen-bond donors (Lipinski definition) is 1. The molecule has 5 nitrogen and oxygen atoms in total. The first-order chi connectivity index (χ1) is 10.1. The number of thiazole rings is 1. The lowest BCUT2D eigenvalue weighted by molar-refractivity contribution is -0.113. The summed E-state index contributed by atoms with van der Waals surface area (Å²) in [5, 5.41) is 4.66. The number of rotatable bonds is 5. The smallest absolute Gasteiger partial charge is 0.253 e. The number of nitrogens with zero attached hydrogens (tertiary/aromatic N) is 2. The molecule has 1 aromatic heterocycles. The van der Waals surface area contributed by atoms with Gasteiger partial charge in [-0.15, -0.1) is 11.3 Å². The molecule has 2 rings (SSSR count). The average Bonchev–Trinajstić information content (AvgIpc) is 2.98. The van der Waals surface area contributed by atoms with Gasteiger partial charge in [-0.05, 0) is 18.2 Å². The monoisotopic (exact) mass is 321 g/mol. The standard InChI is InChI=1S/C14H15N3O2S2/c1-17(2)13(19)10-4-3-5-11(8-10)16-12(18)9-21-14-15-6-7-20-14/h3-8H,9H2,1-2H3,(H,16,18). The Bertz CT molecular complexity index is 627. The fraction of sp³-hybridized carbons (Fsp3) is 0.214. The van der Waals surface area contributed by atoms with Crippen LogP contribution < -0.4 is 5.32 Å². The maximum atomic E-state index is 11.9. The maximum absolute atomic E-state index is 11.9. The summed E-state index contributed by atoms with van der Waals surface area (Å²) in [4.78, 5) is 29.3. The highest BCUT2D eigenvalue weighted by atomic mass is 32.2. The van der Waals surface area contributed by atoms with Gasteiger partial charge in [-0.25, -0.2) is 4.98 Å². The van der Waals surface area contributed by atoms with Crippen molar-refractivity contribution in [3.8, 4) is 0 Å². The zero-order valence-corrected chi connectivity index (χ0v) is 13.3. The number of benzene rings is 1. The summed E-state index contributed by atoms with van der Waals surface area (Å²) in [5.41, 5.74) is 1.16. The number of carbonyl (C=O) groups excluding carboxylic acids is 2. The Morgan fingerprint density at radius 3 is 2.86 bits per heavy atom. The molecular weight excluding hydrogens is 306 g/mol. The molecule has 1 heterocycles. The van der Waals surface area contributed by atoms with E-state index in [4.69, 9.17) is 0 Å². The third-order valence-corrected chi connectivity index (χ3v) is 4.50. The molecule has 2 aromatic rings. The first-order valence-electron chi connectivity index (χ1n) is 6.20. The second kappa shape index (κ2) is 7.24. The van der Waals surface area contributed by atoms with Crippen molar-refractivity contribution in [1.82, 2.24) is 9.88 Å². The molecule has 0 saturated heterocycles. The second-order valence-corrected chi connectivity index (χ2v) is 6.53. The van der Waals surface area contributed by atoms with Crippen LogP contribution in [0.2, 0.25) is 0 Å². The number of hydrogen-bond acceptors (Lipinski definition) is 5. The van der Waals surface area contributed by atoms with Gasteiger partial charge in [0.15, 0.2) is 0 Å². The molecule has 0 unspecified atom stereocenters. The summed E-state index contributed by atoms with van der Waals surface area (Å²) in [6, 6.07) is 6.91. The topological polar surface area (TPSA) is 62.3 Å². The van der Waals surface area contributed by atoms with E-state index in [-0.39, 0.29) is 11.8 Å². The van der Waals surface area contributed by atoms with Crippen LogP contribution in [0.4, 0.5) is 5.69 Å². The Morgan fingerprint density at radius 2 is 2.19 bits per heavy atom. The highest BCUT2D eigenvalue weighted by Gasteiger charge is 2.10. The average molecular weight is 321 g/mol. The van der Waals surface area contributed by atoms with Crippen LogP contribution in [0.5, 0.6) is 0 Å². The van der Waals surface area contributed by atoms with Crippen LogP contribution in [0.25, 0.3) is 0 Å². The summed E-state index contributed by atoms with van der Waals surface area (Å²) in [6.07, 6.45) is 1.71. The summed E-state index contributed by atoms with van der Waals surface area (Å²) in [5.74, 6) is 0.0761. The predicted octanol–water partition coefficient (Wildman–Crippen LogP) is 2.58. The van der Waals surface area contributed by atoms with Crippen molar-refractivity contribution in [3.63, 3.8) is 0 Å². The number of nitrogens with one attached hydrogen (secondary N) is 1. The zero-order valence-electron chi connectivity index (χ0n) is 11.7. The number of thioether (sulfide) groups is 1. The van der Waals surface area contributed by atoms with Gasteiger partial charge in [-0.2, -0.15) is 0 Å². The van der Waals surface area contributed by atoms with Crippen molar-refractivity contribution >= 4 is 40.6 Å². The fourth-order valence-corrected chi connectivity index (χ4v) is 3.03. The SMILES string of the molecule is CN(C)C(=O)c1cccc(NC(=O)CSc2nccs2)c1. The Kier molecular flexibility index (Phi) is 5.35. The van der Waals surface area contributed by atoms with Gasteiger partial charge in [0, 0.05) is 36.9 Å². The number of aromatic nitrogens is 1.